The molecule has 0 bridgehead atoms. The molecule has 0 unspecified atom stereocenters. The Bertz CT molecular complexity index is 635. The molecule has 0 radical (unpaired) electrons. The number of piperidine rings is 1. The van der Waals surface area contributed by atoms with Gasteiger partial charge >= 0.3 is 12.1 Å². The fourth-order valence-electron chi connectivity index (χ4n) is 2.89. The summed E-state index contributed by atoms with van der Waals surface area (Å²) in [6.45, 7) is 4.57. The summed E-state index contributed by atoms with van der Waals surface area (Å²) in [7, 11) is 0. The Balaban J connectivity index is 2.37. The van der Waals surface area contributed by atoms with Crippen molar-refractivity contribution in [2.24, 2.45) is 5.41 Å². The SMILES string of the molecule is CCc1c(C=O)cc(OC(=O)C2(C)CCNCC2)cc1C(F)(F)F. The lowest BCUT2D eigenvalue weighted by Gasteiger charge is -2.31. The first kappa shape index (κ1) is 18.4. The summed E-state index contributed by atoms with van der Waals surface area (Å²) in [5, 5.41) is 3.12. The Morgan fingerprint density at radius 1 is 1.33 bits per heavy atom. The van der Waals surface area contributed by atoms with Crippen LogP contribution in [0.2, 0.25) is 0 Å². The molecule has 1 N–H and O–H groups in total. The van der Waals surface area contributed by atoms with Crippen LogP contribution in [-0.2, 0) is 17.4 Å². The Hall–Kier alpha value is -1.89. The normalized spacial score (nSPS) is 17.4. The minimum atomic E-state index is -4.62. The van der Waals surface area contributed by atoms with E-state index in [9.17, 15) is 22.8 Å². The van der Waals surface area contributed by atoms with E-state index in [1.807, 2.05) is 0 Å². The summed E-state index contributed by atoms with van der Waals surface area (Å²) < 4.78 is 44.9. The van der Waals surface area contributed by atoms with Gasteiger partial charge in [0, 0.05) is 5.56 Å². The third kappa shape index (κ3) is 3.77. The van der Waals surface area contributed by atoms with Crippen molar-refractivity contribution < 1.29 is 27.5 Å². The molecule has 0 amide bonds. The maximum atomic E-state index is 13.2. The van der Waals surface area contributed by atoms with E-state index in [1.54, 1.807) is 13.8 Å². The molecule has 0 aliphatic carbocycles. The zero-order valence-corrected chi connectivity index (χ0v) is 13.6. The molecule has 1 aromatic carbocycles. The summed E-state index contributed by atoms with van der Waals surface area (Å²) in [5.41, 5.74) is -1.88. The van der Waals surface area contributed by atoms with Crippen molar-refractivity contribution in [1.29, 1.82) is 0 Å². The van der Waals surface area contributed by atoms with Crippen molar-refractivity contribution in [2.75, 3.05) is 13.1 Å². The molecule has 0 saturated carbocycles. The van der Waals surface area contributed by atoms with Crippen molar-refractivity contribution in [3.8, 4) is 5.75 Å². The van der Waals surface area contributed by atoms with Crippen molar-refractivity contribution in [3.05, 3.63) is 28.8 Å². The lowest BCUT2D eigenvalue weighted by Crippen LogP contribution is -2.42. The molecule has 0 atom stereocenters. The Morgan fingerprint density at radius 3 is 2.46 bits per heavy atom. The summed E-state index contributed by atoms with van der Waals surface area (Å²) in [4.78, 5) is 23.5. The summed E-state index contributed by atoms with van der Waals surface area (Å²) in [6, 6.07) is 2.00. The third-order valence-electron chi connectivity index (χ3n) is 4.45. The van der Waals surface area contributed by atoms with Gasteiger partial charge in [0.25, 0.3) is 0 Å². The molecule has 4 nitrogen and oxygen atoms in total. The molecule has 0 aromatic heterocycles. The zero-order valence-electron chi connectivity index (χ0n) is 13.6. The molecule has 1 aromatic rings. The van der Waals surface area contributed by atoms with E-state index in [0.717, 1.165) is 6.07 Å². The van der Waals surface area contributed by atoms with Gasteiger partial charge in [-0.25, -0.2) is 0 Å². The topological polar surface area (TPSA) is 55.4 Å². The molecular formula is C17H20F3NO3. The number of alkyl halides is 3. The Labute approximate surface area is 138 Å². The van der Waals surface area contributed by atoms with Crippen LogP contribution in [0, 0.1) is 5.41 Å². The number of ether oxygens (including phenoxy) is 1. The van der Waals surface area contributed by atoms with Crippen LogP contribution in [-0.4, -0.2) is 25.3 Å². The first-order valence-corrected chi connectivity index (χ1v) is 7.83. The fourth-order valence-corrected chi connectivity index (χ4v) is 2.89. The van der Waals surface area contributed by atoms with Crippen LogP contribution in [0.25, 0.3) is 0 Å². The number of hydrogen-bond donors (Lipinski definition) is 1. The van der Waals surface area contributed by atoms with Gasteiger partial charge in [-0.15, -0.1) is 0 Å². The van der Waals surface area contributed by atoms with Crippen LogP contribution in [0.3, 0.4) is 0 Å². The summed E-state index contributed by atoms with van der Waals surface area (Å²) in [6.07, 6.45) is -3.11. The Kier molecular flexibility index (Phi) is 5.32. The van der Waals surface area contributed by atoms with E-state index in [0.29, 0.717) is 32.2 Å². The van der Waals surface area contributed by atoms with Gasteiger partial charge in [0.2, 0.25) is 0 Å². The van der Waals surface area contributed by atoms with Crippen molar-refractivity contribution in [1.82, 2.24) is 5.32 Å². The van der Waals surface area contributed by atoms with Crippen molar-refractivity contribution in [3.63, 3.8) is 0 Å². The number of benzene rings is 1. The number of halogens is 3. The third-order valence-corrected chi connectivity index (χ3v) is 4.45. The van der Waals surface area contributed by atoms with E-state index in [2.05, 4.69) is 5.32 Å². The predicted octanol–water partition coefficient (Wildman–Crippen LogP) is 3.38. The Morgan fingerprint density at radius 2 is 1.96 bits per heavy atom. The van der Waals surface area contributed by atoms with Gasteiger partial charge in [0.1, 0.15) is 12.0 Å². The molecule has 0 spiro atoms. The van der Waals surface area contributed by atoms with E-state index >= 15 is 0 Å². The summed E-state index contributed by atoms with van der Waals surface area (Å²) >= 11 is 0. The van der Waals surface area contributed by atoms with Crippen LogP contribution in [0.1, 0.15) is 48.2 Å². The quantitative estimate of drug-likeness (QED) is 0.517. The highest BCUT2D eigenvalue weighted by Crippen LogP contribution is 2.37. The minimum Gasteiger partial charge on any atom is -0.426 e. The highest BCUT2D eigenvalue weighted by atomic mass is 19.4. The molecule has 1 saturated heterocycles. The largest absolute Gasteiger partial charge is 0.426 e. The average molecular weight is 343 g/mol. The van der Waals surface area contributed by atoms with Gasteiger partial charge in [-0.05, 0) is 57.0 Å². The monoisotopic (exact) mass is 343 g/mol. The molecule has 1 aliphatic heterocycles. The predicted molar refractivity (Wildman–Crippen MR) is 82.1 cm³/mol. The lowest BCUT2D eigenvalue weighted by molar-refractivity contribution is -0.147. The maximum Gasteiger partial charge on any atom is 0.416 e. The highest BCUT2D eigenvalue weighted by Gasteiger charge is 2.38. The first-order chi connectivity index (χ1) is 11.2. The number of carbonyl (C=O) groups is 2. The second-order valence-corrected chi connectivity index (χ2v) is 6.21. The van der Waals surface area contributed by atoms with Gasteiger partial charge in [-0.3, -0.25) is 9.59 Å². The standard InChI is InChI=1S/C17H20F3NO3/c1-3-13-11(10-22)8-12(9-14(13)17(18,19)20)24-15(23)16(2)4-6-21-7-5-16/h8-10,21H,3-7H2,1-2H3. The number of rotatable bonds is 4. The van der Waals surface area contributed by atoms with Crippen LogP contribution in [0.15, 0.2) is 12.1 Å². The van der Waals surface area contributed by atoms with Crippen molar-refractivity contribution >= 4 is 12.3 Å². The van der Waals surface area contributed by atoms with Gasteiger partial charge in [0.05, 0.1) is 11.0 Å². The number of nitrogens with one attached hydrogen (secondary N) is 1. The molecule has 1 fully saturated rings. The lowest BCUT2D eigenvalue weighted by atomic mass is 9.81. The minimum absolute atomic E-state index is 0.0561. The smallest absolute Gasteiger partial charge is 0.416 e. The highest BCUT2D eigenvalue weighted by molar-refractivity contribution is 5.82. The van der Waals surface area contributed by atoms with Crippen LogP contribution in [0.4, 0.5) is 13.2 Å². The van der Waals surface area contributed by atoms with Crippen molar-refractivity contribution in [2.45, 2.75) is 39.3 Å². The van der Waals surface area contributed by atoms with E-state index in [1.165, 1.54) is 6.07 Å². The van der Waals surface area contributed by atoms with Gasteiger partial charge < -0.3 is 10.1 Å². The first-order valence-electron chi connectivity index (χ1n) is 7.83. The van der Waals surface area contributed by atoms with Crippen LogP contribution >= 0.6 is 0 Å². The van der Waals surface area contributed by atoms with E-state index in [-0.39, 0.29) is 23.3 Å². The molecule has 132 valence electrons. The van der Waals surface area contributed by atoms with E-state index < -0.39 is 23.1 Å². The number of esters is 1. The second-order valence-electron chi connectivity index (χ2n) is 6.21. The number of carbonyl (C=O) groups excluding carboxylic acids is 2. The number of aldehydes is 1. The van der Waals surface area contributed by atoms with E-state index in [4.69, 9.17) is 4.74 Å². The molecule has 24 heavy (non-hydrogen) atoms. The summed E-state index contributed by atoms with van der Waals surface area (Å²) in [5.74, 6) is -0.815. The van der Waals surface area contributed by atoms with Gasteiger partial charge in [0.15, 0.2) is 0 Å². The molecule has 1 heterocycles. The van der Waals surface area contributed by atoms with Gasteiger partial charge in [-0.2, -0.15) is 13.2 Å². The molecular weight excluding hydrogens is 323 g/mol. The number of hydrogen-bond acceptors (Lipinski definition) is 4. The average Bonchev–Trinajstić information content (AvgIpc) is 2.53. The maximum absolute atomic E-state index is 13.2. The van der Waals surface area contributed by atoms with Crippen LogP contribution in [0.5, 0.6) is 5.75 Å². The zero-order chi connectivity index (χ0) is 18.0. The molecule has 1 aliphatic rings. The van der Waals surface area contributed by atoms with Crippen LogP contribution < -0.4 is 10.1 Å². The molecule has 7 heteroatoms. The van der Waals surface area contributed by atoms with Gasteiger partial charge in [-0.1, -0.05) is 6.92 Å². The molecule has 2 rings (SSSR count). The second kappa shape index (κ2) is 6.93. The fraction of sp³-hybridized carbons (Fsp3) is 0.529.